The summed E-state index contributed by atoms with van der Waals surface area (Å²) in [5.41, 5.74) is 3.72. The number of esters is 1. The number of aromatic nitrogens is 1. The molecule has 0 saturated carbocycles. The molecular weight excluding hydrogens is 485 g/mol. The average Bonchev–Trinajstić information content (AvgIpc) is 3.35. The molecule has 1 unspecified atom stereocenters. The molecule has 6 nitrogen and oxygen atoms in total. The van der Waals surface area contributed by atoms with Crippen molar-refractivity contribution in [1.82, 2.24) is 10.3 Å². The number of aromatic amines is 1. The first-order chi connectivity index (χ1) is 17.7. The summed E-state index contributed by atoms with van der Waals surface area (Å²) in [6.45, 7) is -0.0885. The van der Waals surface area contributed by atoms with Gasteiger partial charge in [0.25, 0.3) is 0 Å². The van der Waals surface area contributed by atoms with Crippen molar-refractivity contribution in [2.75, 3.05) is 13.7 Å². The van der Waals surface area contributed by atoms with Crippen LogP contribution in [0.1, 0.15) is 42.7 Å². The van der Waals surface area contributed by atoms with Gasteiger partial charge in [-0.2, -0.15) is 13.2 Å². The molecular formula is C28H25F3N2O4. The fourth-order valence-corrected chi connectivity index (χ4v) is 5.43. The lowest BCUT2D eigenvalue weighted by molar-refractivity contribution is -0.183. The van der Waals surface area contributed by atoms with Gasteiger partial charge >= 0.3 is 12.1 Å². The lowest BCUT2D eigenvalue weighted by Gasteiger charge is -2.37. The number of methoxy groups -OCH3 is 1. The molecule has 37 heavy (non-hydrogen) atoms. The summed E-state index contributed by atoms with van der Waals surface area (Å²) in [7, 11) is 1.58. The maximum Gasteiger partial charge on any atom is 0.422 e. The van der Waals surface area contributed by atoms with Crippen molar-refractivity contribution in [3.63, 3.8) is 0 Å². The minimum Gasteiger partial charge on any atom is -0.496 e. The zero-order chi connectivity index (χ0) is 26.3. The Kier molecular flexibility index (Phi) is 6.31. The number of fused-ring (bicyclic) bond motifs is 1. The number of hydrogen-bond donors (Lipinski definition) is 2. The number of alkyl halides is 3. The number of halogens is 3. The van der Waals surface area contributed by atoms with Crippen molar-refractivity contribution in [3.05, 3.63) is 88.4 Å². The number of ether oxygens (including phenoxy) is 2. The molecule has 0 amide bonds. The quantitative estimate of drug-likeness (QED) is 0.434. The van der Waals surface area contributed by atoms with Gasteiger partial charge in [-0.15, -0.1) is 0 Å². The SMILES string of the molecule is COc1ccccc1C1CC(=O)C2=C(C1)NC(C)=C(C(=O)OCC(F)(F)F)[C@H]2c1cccc2[nH]ccc12. The van der Waals surface area contributed by atoms with Gasteiger partial charge in [-0.25, -0.2) is 4.79 Å². The van der Waals surface area contributed by atoms with E-state index in [2.05, 4.69) is 15.0 Å². The molecule has 5 rings (SSSR count). The second kappa shape index (κ2) is 9.46. The monoisotopic (exact) mass is 510 g/mol. The van der Waals surface area contributed by atoms with Crippen LogP contribution in [0.25, 0.3) is 10.9 Å². The smallest absolute Gasteiger partial charge is 0.422 e. The van der Waals surface area contributed by atoms with Crippen molar-refractivity contribution in [3.8, 4) is 5.75 Å². The number of para-hydroxylation sites is 1. The number of carbonyl (C=O) groups excluding carboxylic acids is 2. The number of ketones is 1. The van der Waals surface area contributed by atoms with Crippen molar-refractivity contribution in [1.29, 1.82) is 0 Å². The number of dihydropyridines is 1. The molecule has 0 fully saturated rings. The molecule has 2 aliphatic rings. The Morgan fingerprint density at radius 1 is 1.05 bits per heavy atom. The summed E-state index contributed by atoms with van der Waals surface area (Å²) in [6.07, 6.45) is -2.29. The molecule has 2 N–H and O–H groups in total. The van der Waals surface area contributed by atoms with Gasteiger partial charge in [0.1, 0.15) is 5.75 Å². The van der Waals surface area contributed by atoms with E-state index in [-0.39, 0.29) is 23.7 Å². The lowest BCUT2D eigenvalue weighted by Crippen LogP contribution is -2.36. The van der Waals surface area contributed by atoms with E-state index >= 15 is 0 Å². The summed E-state index contributed by atoms with van der Waals surface area (Å²) in [6, 6.07) is 14.8. The van der Waals surface area contributed by atoms with Crippen LogP contribution in [0, 0.1) is 0 Å². The number of Topliss-reactive ketones (excluding diaryl/α,β-unsaturated/α-hetero) is 1. The highest BCUT2D eigenvalue weighted by molar-refractivity contribution is 6.05. The van der Waals surface area contributed by atoms with Crippen LogP contribution in [0.3, 0.4) is 0 Å². The number of hydrogen-bond acceptors (Lipinski definition) is 5. The zero-order valence-corrected chi connectivity index (χ0v) is 20.2. The number of H-pyrrole nitrogens is 1. The molecule has 2 atom stereocenters. The van der Waals surface area contributed by atoms with Gasteiger partial charge in [0, 0.05) is 52.3 Å². The molecule has 2 aromatic carbocycles. The molecule has 9 heteroatoms. The second-order valence-corrected chi connectivity index (χ2v) is 9.24. The third kappa shape index (κ3) is 4.61. The topological polar surface area (TPSA) is 80.4 Å². The zero-order valence-electron chi connectivity index (χ0n) is 20.2. The third-order valence-corrected chi connectivity index (χ3v) is 6.93. The van der Waals surface area contributed by atoms with Gasteiger partial charge < -0.3 is 19.8 Å². The largest absolute Gasteiger partial charge is 0.496 e. The first-order valence-corrected chi connectivity index (χ1v) is 11.8. The second-order valence-electron chi connectivity index (χ2n) is 9.24. The van der Waals surface area contributed by atoms with E-state index in [1.165, 1.54) is 0 Å². The molecule has 0 saturated heterocycles. The number of allylic oxidation sites excluding steroid dienone is 3. The van der Waals surface area contributed by atoms with Crippen LogP contribution in [-0.2, 0) is 14.3 Å². The predicted octanol–water partition coefficient (Wildman–Crippen LogP) is 5.64. The van der Waals surface area contributed by atoms with Gasteiger partial charge in [0.2, 0.25) is 0 Å². The fourth-order valence-electron chi connectivity index (χ4n) is 5.43. The highest BCUT2D eigenvalue weighted by Gasteiger charge is 2.43. The fraction of sp³-hybridized carbons (Fsp3) is 0.286. The minimum absolute atomic E-state index is 0.000733. The third-order valence-electron chi connectivity index (χ3n) is 6.93. The van der Waals surface area contributed by atoms with Crippen LogP contribution in [0.2, 0.25) is 0 Å². The van der Waals surface area contributed by atoms with Crippen molar-refractivity contribution < 1.29 is 32.2 Å². The van der Waals surface area contributed by atoms with Crippen molar-refractivity contribution in [2.45, 2.75) is 37.8 Å². The summed E-state index contributed by atoms with van der Waals surface area (Å²) in [4.78, 5) is 30.0. The number of rotatable bonds is 5. The summed E-state index contributed by atoms with van der Waals surface area (Å²) < 4.78 is 48.8. The first-order valence-electron chi connectivity index (χ1n) is 11.8. The number of nitrogens with one attached hydrogen (secondary N) is 2. The molecule has 1 aliphatic heterocycles. The Balaban J connectivity index is 1.62. The normalized spacial score (nSPS) is 20.1. The van der Waals surface area contributed by atoms with Crippen molar-refractivity contribution in [2.24, 2.45) is 0 Å². The average molecular weight is 511 g/mol. The summed E-state index contributed by atoms with van der Waals surface area (Å²) in [5, 5.41) is 3.94. The van der Waals surface area contributed by atoms with Crippen LogP contribution in [-0.4, -0.2) is 36.6 Å². The Labute approximate surface area is 211 Å². The van der Waals surface area contributed by atoms with E-state index in [9.17, 15) is 22.8 Å². The maximum atomic E-state index is 13.8. The van der Waals surface area contributed by atoms with Gasteiger partial charge in [-0.05, 0) is 42.7 Å². The molecule has 192 valence electrons. The Morgan fingerprint density at radius 2 is 1.81 bits per heavy atom. The molecule has 1 aromatic heterocycles. The van der Waals surface area contributed by atoms with Gasteiger partial charge in [-0.1, -0.05) is 30.3 Å². The Bertz CT molecular complexity index is 1450. The molecule has 0 radical (unpaired) electrons. The minimum atomic E-state index is -4.67. The Hall–Kier alpha value is -4.01. The molecule has 2 heterocycles. The van der Waals surface area contributed by atoms with Crippen LogP contribution in [0.15, 0.2) is 77.3 Å². The van der Waals surface area contributed by atoms with Crippen molar-refractivity contribution >= 4 is 22.7 Å². The summed E-state index contributed by atoms with van der Waals surface area (Å²) >= 11 is 0. The van der Waals surface area contributed by atoms with Crippen LogP contribution < -0.4 is 10.1 Å². The molecule has 1 aliphatic carbocycles. The number of benzene rings is 2. The van der Waals surface area contributed by atoms with Crippen LogP contribution in [0.5, 0.6) is 5.75 Å². The molecule has 0 spiro atoms. The van der Waals surface area contributed by atoms with Gasteiger partial charge in [-0.3, -0.25) is 4.79 Å². The molecule has 3 aromatic rings. The van der Waals surface area contributed by atoms with Crippen LogP contribution >= 0.6 is 0 Å². The lowest BCUT2D eigenvalue weighted by atomic mass is 9.71. The standard InChI is InChI=1S/C28H25F3N2O4/c1-15-24(27(35)37-14-28(29,30)31)25(19-7-5-8-20-18(19)10-11-32-20)26-21(33-15)12-16(13-22(26)34)17-6-3-4-9-23(17)36-2/h3-11,16,25,32-33H,12-14H2,1-2H3/t16?,25-/m1/s1. The molecule has 0 bridgehead atoms. The highest BCUT2D eigenvalue weighted by atomic mass is 19.4. The number of carbonyl (C=O) groups is 2. The predicted molar refractivity (Wildman–Crippen MR) is 131 cm³/mol. The van der Waals surface area contributed by atoms with E-state index < -0.39 is 24.7 Å². The highest BCUT2D eigenvalue weighted by Crippen LogP contribution is 2.48. The van der Waals surface area contributed by atoms with E-state index in [1.807, 2.05) is 36.4 Å². The van der Waals surface area contributed by atoms with E-state index in [0.29, 0.717) is 34.7 Å². The van der Waals surface area contributed by atoms with E-state index in [1.54, 1.807) is 32.4 Å². The van der Waals surface area contributed by atoms with Gasteiger partial charge in [0.05, 0.1) is 12.7 Å². The van der Waals surface area contributed by atoms with E-state index in [0.717, 1.165) is 16.5 Å². The Morgan fingerprint density at radius 3 is 2.57 bits per heavy atom. The maximum absolute atomic E-state index is 13.8. The van der Waals surface area contributed by atoms with E-state index in [4.69, 9.17) is 4.74 Å². The first kappa shape index (κ1) is 24.7. The van der Waals surface area contributed by atoms with Gasteiger partial charge in [0.15, 0.2) is 12.4 Å². The summed E-state index contributed by atoms with van der Waals surface area (Å²) in [5.74, 6) is -1.65. The van der Waals surface area contributed by atoms with Crippen LogP contribution in [0.4, 0.5) is 13.2 Å².